The number of fused-ring (bicyclic) bond motifs is 2. The third-order valence-corrected chi connectivity index (χ3v) is 4.39. The number of non-ortho nitro benzene ring substituents is 2. The van der Waals surface area contributed by atoms with E-state index in [2.05, 4.69) is 9.97 Å². The van der Waals surface area contributed by atoms with Crippen LogP contribution in [-0.4, -0.2) is 19.8 Å². The molecule has 4 aromatic rings. The Bertz CT molecular complexity index is 1480. The molecule has 0 amide bonds. The molecule has 12 nitrogen and oxygen atoms in total. The van der Waals surface area contributed by atoms with Crippen LogP contribution in [0.5, 0.6) is 0 Å². The predicted octanol–water partition coefficient (Wildman–Crippen LogP) is 2.62. The quantitative estimate of drug-likeness (QED) is 0.357. The number of nitrogens with one attached hydrogen (secondary N) is 2. The van der Waals surface area contributed by atoms with E-state index in [-0.39, 0.29) is 33.3 Å². The lowest BCUT2D eigenvalue weighted by Gasteiger charge is -1.97. The van der Waals surface area contributed by atoms with Crippen LogP contribution < -0.4 is 10.9 Å². The number of nitro benzene ring substituents is 2. The van der Waals surface area contributed by atoms with Gasteiger partial charge >= 0.3 is 0 Å². The third-order valence-electron chi connectivity index (χ3n) is 4.39. The highest BCUT2D eigenvalue weighted by Crippen LogP contribution is 2.17. The number of benzene rings is 2. The molecule has 2 heterocycles. The van der Waals surface area contributed by atoms with Crippen molar-refractivity contribution in [2.45, 2.75) is 0 Å². The van der Waals surface area contributed by atoms with Gasteiger partial charge in [-0.2, -0.15) is 10.5 Å². The van der Waals surface area contributed by atoms with Gasteiger partial charge in [-0.05, 0) is 12.1 Å². The zero-order valence-electron chi connectivity index (χ0n) is 15.9. The van der Waals surface area contributed by atoms with Crippen LogP contribution in [0.3, 0.4) is 0 Å². The number of rotatable bonds is 2. The van der Waals surface area contributed by atoms with Crippen molar-refractivity contribution in [3.05, 3.63) is 101 Å². The van der Waals surface area contributed by atoms with E-state index in [1.165, 1.54) is 36.7 Å². The first-order valence-corrected chi connectivity index (χ1v) is 8.66. The molecule has 0 atom stereocenters. The Kier molecular flexibility index (Phi) is 5.71. The summed E-state index contributed by atoms with van der Waals surface area (Å²) in [6.07, 6.45) is 2.58. The van der Waals surface area contributed by atoms with Gasteiger partial charge in [0.2, 0.25) is 10.9 Å². The van der Waals surface area contributed by atoms with E-state index in [1.807, 2.05) is 0 Å². The maximum Gasteiger partial charge on any atom is 0.270 e. The summed E-state index contributed by atoms with van der Waals surface area (Å²) in [6, 6.07) is 11.2. The molecular weight excluding hydrogens is 420 g/mol. The Morgan fingerprint density at radius 3 is 1.41 bits per heavy atom. The molecule has 12 heteroatoms. The minimum Gasteiger partial charge on any atom is -0.360 e. The normalized spacial score (nSPS) is 9.94. The monoisotopic (exact) mass is 430 g/mol. The Morgan fingerprint density at radius 2 is 1.09 bits per heavy atom. The number of pyridine rings is 2. The summed E-state index contributed by atoms with van der Waals surface area (Å²) in [5.41, 5.74) is -0.536. The minimum absolute atomic E-state index is 0.0620. The summed E-state index contributed by atoms with van der Waals surface area (Å²) in [7, 11) is 0. The Labute approximate surface area is 176 Å². The van der Waals surface area contributed by atoms with Gasteiger partial charge in [-0.1, -0.05) is 0 Å². The molecule has 0 unspecified atom stereocenters. The highest BCUT2D eigenvalue weighted by Gasteiger charge is 2.11. The smallest absolute Gasteiger partial charge is 0.270 e. The molecule has 0 fully saturated rings. The number of nitrogens with zero attached hydrogens (tertiary/aromatic N) is 4. The molecule has 4 rings (SSSR count). The van der Waals surface area contributed by atoms with E-state index in [0.29, 0.717) is 11.0 Å². The number of nitro groups is 2. The van der Waals surface area contributed by atoms with Crippen LogP contribution in [-0.2, 0) is 0 Å². The molecular formula is C20H10N6O6. The summed E-state index contributed by atoms with van der Waals surface area (Å²) in [6.45, 7) is 0. The number of aromatic nitrogens is 2. The number of aromatic amines is 2. The predicted molar refractivity (Wildman–Crippen MR) is 112 cm³/mol. The number of hydrogen-bond donors (Lipinski definition) is 2. The largest absolute Gasteiger partial charge is 0.360 e. The zero-order valence-corrected chi connectivity index (χ0v) is 15.9. The molecule has 0 saturated carbocycles. The lowest BCUT2D eigenvalue weighted by atomic mass is 10.1. The van der Waals surface area contributed by atoms with E-state index in [0.717, 1.165) is 12.1 Å². The van der Waals surface area contributed by atoms with Gasteiger partial charge in [-0.3, -0.25) is 29.8 Å². The second-order valence-electron chi connectivity index (χ2n) is 6.26. The van der Waals surface area contributed by atoms with Gasteiger partial charge in [-0.25, -0.2) is 0 Å². The zero-order chi connectivity index (χ0) is 23.4. The molecule has 156 valence electrons. The van der Waals surface area contributed by atoms with Crippen molar-refractivity contribution in [1.82, 2.24) is 9.97 Å². The molecule has 0 spiro atoms. The van der Waals surface area contributed by atoms with Crippen LogP contribution in [0.4, 0.5) is 11.4 Å². The first kappa shape index (κ1) is 21.4. The SMILES string of the molecule is N#Cc1c[nH]c2ccc([N+](=O)[O-])cc2c1=O.N#Cc1c[nH]c2ccc([N+](=O)[O-])cc2c1=O. The molecule has 0 aliphatic rings. The third kappa shape index (κ3) is 4.00. The number of hydrogen-bond acceptors (Lipinski definition) is 8. The highest BCUT2D eigenvalue weighted by atomic mass is 16.6. The maximum atomic E-state index is 11.7. The van der Waals surface area contributed by atoms with Crippen molar-refractivity contribution in [2.75, 3.05) is 0 Å². The fraction of sp³-hybridized carbons (Fsp3) is 0. The first-order chi connectivity index (χ1) is 15.3. The summed E-state index contributed by atoms with van der Waals surface area (Å²) in [5, 5.41) is 38.7. The molecule has 2 aromatic heterocycles. The van der Waals surface area contributed by atoms with Crippen molar-refractivity contribution in [1.29, 1.82) is 10.5 Å². The standard InChI is InChI=1S/2C10H5N3O3/c2*11-4-6-5-12-9-2-1-7(13(15)16)3-8(9)10(6)14/h2*1-3,5H,(H,12,14). The van der Waals surface area contributed by atoms with Gasteiger partial charge in [0.25, 0.3) is 11.4 Å². The molecule has 0 saturated heterocycles. The highest BCUT2D eigenvalue weighted by molar-refractivity contribution is 5.82. The Hall–Kier alpha value is -5.36. The van der Waals surface area contributed by atoms with Gasteiger partial charge in [0.05, 0.1) is 20.6 Å². The first-order valence-electron chi connectivity index (χ1n) is 8.66. The van der Waals surface area contributed by atoms with E-state index < -0.39 is 20.7 Å². The van der Waals surface area contributed by atoms with Gasteiger partial charge in [0, 0.05) is 47.7 Å². The van der Waals surface area contributed by atoms with Crippen molar-refractivity contribution in [3.63, 3.8) is 0 Å². The molecule has 0 bridgehead atoms. The van der Waals surface area contributed by atoms with Crippen LogP contribution in [0, 0.1) is 42.9 Å². The van der Waals surface area contributed by atoms with Gasteiger partial charge in [-0.15, -0.1) is 0 Å². The van der Waals surface area contributed by atoms with E-state index in [1.54, 1.807) is 12.1 Å². The summed E-state index contributed by atoms with van der Waals surface area (Å²) >= 11 is 0. The van der Waals surface area contributed by atoms with Crippen LogP contribution in [0.2, 0.25) is 0 Å². The molecule has 2 aromatic carbocycles. The van der Waals surface area contributed by atoms with E-state index in [9.17, 15) is 29.8 Å². The van der Waals surface area contributed by atoms with Crippen LogP contribution >= 0.6 is 0 Å². The summed E-state index contributed by atoms with van der Waals surface area (Å²) in [5.74, 6) is 0. The lowest BCUT2D eigenvalue weighted by molar-refractivity contribution is -0.384. The number of H-pyrrole nitrogens is 2. The molecule has 0 aliphatic heterocycles. The van der Waals surface area contributed by atoms with Gasteiger partial charge in [0.1, 0.15) is 23.3 Å². The lowest BCUT2D eigenvalue weighted by Crippen LogP contribution is -2.07. The van der Waals surface area contributed by atoms with Crippen LogP contribution in [0.1, 0.15) is 11.1 Å². The Morgan fingerprint density at radius 1 is 0.719 bits per heavy atom. The molecule has 32 heavy (non-hydrogen) atoms. The molecule has 0 aliphatic carbocycles. The second kappa shape index (κ2) is 8.56. The van der Waals surface area contributed by atoms with E-state index in [4.69, 9.17) is 10.5 Å². The molecule has 2 N–H and O–H groups in total. The summed E-state index contributed by atoms with van der Waals surface area (Å²) in [4.78, 5) is 48.7. The van der Waals surface area contributed by atoms with Crippen molar-refractivity contribution in [3.8, 4) is 12.1 Å². The minimum atomic E-state index is -0.585. The fourth-order valence-electron chi connectivity index (χ4n) is 2.81. The average Bonchev–Trinajstić information content (AvgIpc) is 2.79. The fourth-order valence-corrected chi connectivity index (χ4v) is 2.81. The van der Waals surface area contributed by atoms with Gasteiger partial charge < -0.3 is 9.97 Å². The average molecular weight is 430 g/mol. The van der Waals surface area contributed by atoms with Crippen molar-refractivity contribution >= 4 is 33.2 Å². The summed E-state index contributed by atoms with van der Waals surface area (Å²) < 4.78 is 0. The number of nitriles is 2. The van der Waals surface area contributed by atoms with Crippen LogP contribution in [0.25, 0.3) is 21.8 Å². The van der Waals surface area contributed by atoms with Crippen molar-refractivity contribution < 1.29 is 9.85 Å². The second-order valence-corrected chi connectivity index (χ2v) is 6.26. The topological polar surface area (TPSA) is 200 Å². The molecule has 0 radical (unpaired) electrons. The Balaban J connectivity index is 0.000000181. The maximum absolute atomic E-state index is 11.7. The van der Waals surface area contributed by atoms with Crippen LogP contribution in [0.15, 0.2) is 58.4 Å². The van der Waals surface area contributed by atoms with E-state index >= 15 is 0 Å². The van der Waals surface area contributed by atoms with Gasteiger partial charge in [0.15, 0.2) is 0 Å². The van der Waals surface area contributed by atoms with Crippen molar-refractivity contribution in [2.24, 2.45) is 0 Å².